The van der Waals surface area contributed by atoms with E-state index in [1.54, 1.807) is 0 Å². The molecule has 1 aliphatic rings. The van der Waals surface area contributed by atoms with Gasteiger partial charge in [-0.15, -0.1) is 0 Å². The Morgan fingerprint density at radius 2 is 2.05 bits per heavy atom. The van der Waals surface area contributed by atoms with Crippen molar-refractivity contribution in [2.24, 2.45) is 5.73 Å². The third kappa shape index (κ3) is 2.60. The number of ether oxygens (including phenoxy) is 1. The van der Waals surface area contributed by atoms with Crippen molar-refractivity contribution in [3.8, 4) is 5.75 Å². The summed E-state index contributed by atoms with van der Waals surface area (Å²) in [6.07, 6.45) is 2.07. The van der Waals surface area contributed by atoms with Gasteiger partial charge in [-0.3, -0.25) is 0 Å². The minimum absolute atomic E-state index is 0.188. The number of hydrogen-bond donors (Lipinski definition) is 1. The quantitative estimate of drug-likeness (QED) is 0.921. The van der Waals surface area contributed by atoms with Gasteiger partial charge in [0.25, 0.3) is 0 Å². The van der Waals surface area contributed by atoms with Crippen LogP contribution in [0.2, 0.25) is 5.02 Å². The first kappa shape index (κ1) is 12.5. The first-order valence-corrected chi connectivity index (χ1v) is 6.86. The topological polar surface area (TPSA) is 35.2 Å². The Bertz CT molecular complexity index is 597. The summed E-state index contributed by atoms with van der Waals surface area (Å²) in [6, 6.07) is 14.1. The summed E-state index contributed by atoms with van der Waals surface area (Å²) in [7, 11) is 0. The number of hydrogen-bond acceptors (Lipinski definition) is 2. The van der Waals surface area contributed by atoms with E-state index in [0.29, 0.717) is 6.61 Å². The van der Waals surface area contributed by atoms with Crippen LogP contribution < -0.4 is 10.5 Å². The highest BCUT2D eigenvalue weighted by molar-refractivity contribution is 6.31. The van der Waals surface area contributed by atoms with Crippen LogP contribution in [0.5, 0.6) is 5.75 Å². The van der Waals surface area contributed by atoms with Crippen molar-refractivity contribution in [3.05, 3.63) is 64.2 Å². The first-order valence-electron chi connectivity index (χ1n) is 6.48. The van der Waals surface area contributed by atoms with Gasteiger partial charge in [0.2, 0.25) is 0 Å². The molecule has 0 radical (unpaired) electrons. The molecular weight excluding hydrogens is 258 g/mol. The van der Waals surface area contributed by atoms with Gasteiger partial charge in [-0.25, -0.2) is 0 Å². The normalized spacial score (nSPS) is 17.3. The number of benzene rings is 2. The fraction of sp³-hybridized carbons (Fsp3) is 0.250. The van der Waals surface area contributed by atoms with Crippen molar-refractivity contribution in [1.82, 2.24) is 0 Å². The fourth-order valence-corrected chi connectivity index (χ4v) is 2.68. The van der Waals surface area contributed by atoms with Crippen molar-refractivity contribution in [2.75, 3.05) is 0 Å². The largest absolute Gasteiger partial charge is 0.489 e. The van der Waals surface area contributed by atoms with Crippen LogP contribution in [0.25, 0.3) is 0 Å². The van der Waals surface area contributed by atoms with Crippen molar-refractivity contribution in [3.63, 3.8) is 0 Å². The van der Waals surface area contributed by atoms with Gasteiger partial charge in [-0.05, 0) is 42.2 Å². The molecule has 1 aliphatic carbocycles. The van der Waals surface area contributed by atoms with Crippen molar-refractivity contribution in [2.45, 2.75) is 25.5 Å². The molecule has 0 aromatic heterocycles. The summed E-state index contributed by atoms with van der Waals surface area (Å²) in [6.45, 7) is 0.491. The van der Waals surface area contributed by atoms with Gasteiger partial charge in [0.05, 0.1) is 0 Å². The number of rotatable bonds is 3. The van der Waals surface area contributed by atoms with Crippen molar-refractivity contribution < 1.29 is 4.74 Å². The van der Waals surface area contributed by atoms with Gasteiger partial charge in [0.1, 0.15) is 12.4 Å². The maximum absolute atomic E-state index is 6.11. The molecule has 0 saturated carbocycles. The van der Waals surface area contributed by atoms with E-state index in [0.717, 1.165) is 29.2 Å². The van der Waals surface area contributed by atoms with E-state index in [4.69, 9.17) is 22.1 Å². The molecule has 0 aliphatic heterocycles. The molecular formula is C16H16ClNO. The molecule has 0 spiro atoms. The Morgan fingerprint density at radius 1 is 1.21 bits per heavy atom. The molecule has 0 heterocycles. The van der Waals surface area contributed by atoms with E-state index < -0.39 is 0 Å². The minimum atomic E-state index is 0.188. The summed E-state index contributed by atoms with van der Waals surface area (Å²) in [5, 5.41) is 0.741. The van der Waals surface area contributed by atoms with Crippen molar-refractivity contribution in [1.29, 1.82) is 0 Å². The Kier molecular flexibility index (Phi) is 3.45. The molecule has 1 atom stereocenters. The second kappa shape index (κ2) is 5.24. The van der Waals surface area contributed by atoms with Crippen LogP contribution in [0.1, 0.15) is 29.2 Å². The maximum Gasteiger partial charge on any atom is 0.120 e. The summed E-state index contributed by atoms with van der Waals surface area (Å²) >= 11 is 6.11. The highest BCUT2D eigenvalue weighted by Gasteiger charge is 2.19. The SMILES string of the molecule is NC1CCc2cc(OCc3ccccc3Cl)ccc21. The second-order valence-corrected chi connectivity index (χ2v) is 5.29. The molecule has 0 saturated heterocycles. The van der Waals surface area contributed by atoms with Gasteiger partial charge in [-0.2, -0.15) is 0 Å². The van der Waals surface area contributed by atoms with E-state index in [1.807, 2.05) is 30.3 Å². The van der Waals surface area contributed by atoms with E-state index >= 15 is 0 Å². The lowest BCUT2D eigenvalue weighted by atomic mass is 10.1. The van der Waals surface area contributed by atoms with Crippen LogP contribution >= 0.6 is 11.6 Å². The summed E-state index contributed by atoms with van der Waals surface area (Å²) < 4.78 is 5.81. The first-order chi connectivity index (χ1) is 9.24. The van der Waals surface area contributed by atoms with Crippen LogP contribution in [0.3, 0.4) is 0 Å². The molecule has 0 amide bonds. The Labute approximate surface area is 118 Å². The van der Waals surface area contributed by atoms with Crippen LogP contribution in [0.4, 0.5) is 0 Å². The van der Waals surface area contributed by atoms with E-state index in [2.05, 4.69) is 12.1 Å². The predicted octanol–water partition coefficient (Wildman–Crippen LogP) is 3.87. The molecule has 3 rings (SSSR count). The smallest absolute Gasteiger partial charge is 0.120 e. The molecule has 0 fully saturated rings. The number of halogens is 1. The van der Waals surface area contributed by atoms with Gasteiger partial charge >= 0.3 is 0 Å². The third-order valence-electron chi connectivity index (χ3n) is 3.59. The highest BCUT2D eigenvalue weighted by Crippen LogP contribution is 2.32. The zero-order valence-electron chi connectivity index (χ0n) is 10.6. The van der Waals surface area contributed by atoms with E-state index in [9.17, 15) is 0 Å². The van der Waals surface area contributed by atoms with Gasteiger partial charge in [-0.1, -0.05) is 35.9 Å². The predicted molar refractivity (Wildman–Crippen MR) is 77.5 cm³/mol. The lowest BCUT2D eigenvalue weighted by Gasteiger charge is -2.10. The Hall–Kier alpha value is -1.51. The summed E-state index contributed by atoms with van der Waals surface area (Å²) in [5.74, 6) is 0.882. The molecule has 1 unspecified atom stereocenters. The summed E-state index contributed by atoms with van der Waals surface area (Å²) in [4.78, 5) is 0. The Morgan fingerprint density at radius 3 is 2.89 bits per heavy atom. The van der Waals surface area contributed by atoms with E-state index in [-0.39, 0.29) is 6.04 Å². The molecule has 98 valence electrons. The Balaban J connectivity index is 1.73. The third-order valence-corrected chi connectivity index (χ3v) is 3.96. The molecule has 0 bridgehead atoms. The number of aryl methyl sites for hydroxylation is 1. The van der Waals surface area contributed by atoms with Crippen LogP contribution in [0, 0.1) is 0 Å². The highest BCUT2D eigenvalue weighted by atomic mass is 35.5. The molecule has 2 aromatic rings. The molecule has 19 heavy (non-hydrogen) atoms. The second-order valence-electron chi connectivity index (χ2n) is 4.89. The number of fused-ring (bicyclic) bond motifs is 1. The van der Waals surface area contributed by atoms with Gasteiger partial charge < -0.3 is 10.5 Å². The van der Waals surface area contributed by atoms with Crippen LogP contribution in [-0.4, -0.2) is 0 Å². The van der Waals surface area contributed by atoms with Crippen molar-refractivity contribution >= 4 is 11.6 Å². The average molecular weight is 274 g/mol. The van der Waals surface area contributed by atoms with Crippen LogP contribution in [-0.2, 0) is 13.0 Å². The lowest BCUT2D eigenvalue weighted by molar-refractivity contribution is 0.306. The molecule has 2 aromatic carbocycles. The summed E-state index contributed by atoms with van der Waals surface area (Å²) in [5.41, 5.74) is 9.59. The average Bonchev–Trinajstić information content (AvgIpc) is 2.79. The monoisotopic (exact) mass is 273 g/mol. The molecule has 2 N–H and O–H groups in total. The lowest BCUT2D eigenvalue weighted by Crippen LogP contribution is -2.05. The van der Waals surface area contributed by atoms with E-state index in [1.165, 1.54) is 11.1 Å². The fourth-order valence-electron chi connectivity index (χ4n) is 2.49. The molecule has 3 heteroatoms. The molecule has 2 nitrogen and oxygen atoms in total. The van der Waals surface area contributed by atoms with Crippen LogP contribution in [0.15, 0.2) is 42.5 Å². The number of nitrogens with two attached hydrogens (primary N) is 1. The standard InChI is InChI=1S/C16H16ClNO/c17-15-4-2-1-3-12(15)10-19-13-6-7-14-11(9-13)5-8-16(14)18/h1-4,6-7,9,16H,5,8,10,18H2. The zero-order chi connectivity index (χ0) is 13.2. The van der Waals surface area contributed by atoms with Gasteiger partial charge in [0, 0.05) is 16.6 Å². The zero-order valence-corrected chi connectivity index (χ0v) is 11.4. The van der Waals surface area contributed by atoms with Gasteiger partial charge in [0.15, 0.2) is 0 Å². The maximum atomic E-state index is 6.11. The minimum Gasteiger partial charge on any atom is -0.489 e.